The Morgan fingerprint density at radius 2 is 1.97 bits per heavy atom. The zero-order valence-electron chi connectivity index (χ0n) is 17.3. The van der Waals surface area contributed by atoms with Crippen LogP contribution in [0.1, 0.15) is 19.8 Å². The molecular formula is C21H28N6O2S. The number of hydrogen-bond acceptors (Lipinski definition) is 6. The molecule has 0 saturated carbocycles. The molecule has 1 unspecified atom stereocenters. The standard InChI is InChI=1S/C21H28N6O2S/c1-16-3-2-8-27(14-16)30(28,29)15-25-9-11-26(12-10-25)19-5-7-22-18-13-24-21-17(20(18)19)4-6-23-21/h4-7,13,16H,2-3,8-12,14-15H2,1H3,(H,23,24). The second-order valence-electron chi connectivity index (χ2n) is 8.54. The van der Waals surface area contributed by atoms with E-state index < -0.39 is 10.0 Å². The third-order valence-corrected chi connectivity index (χ3v) is 8.15. The molecule has 2 aliphatic rings. The van der Waals surface area contributed by atoms with Crippen molar-refractivity contribution < 1.29 is 8.42 Å². The van der Waals surface area contributed by atoms with Gasteiger partial charge < -0.3 is 9.88 Å². The predicted octanol–water partition coefficient (Wildman–Crippen LogP) is 2.25. The summed E-state index contributed by atoms with van der Waals surface area (Å²) in [6, 6.07) is 4.09. The van der Waals surface area contributed by atoms with Crippen LogP contribution >= 0.6 is 0 Å². The number of nitrogens with zero attached hydrogens (tertiary/aromatic N) is 5. The molecule has 1 N–H and O–H groups in total. The molecule has 5 rings (SSSR count). The number of piperidine rings is 1. The SMILES string of the molecule is CC1CCCN(S(=O)(=O)CN2CCN(c3ccnc4cnc5[nH]ccc5c34)CC2)C1. The summed E-state index contributed by atoms with van der Waals surface area (Å²) in [5.41, 5.74) is 2.88. The molecular weight excluding hydrogens is 400 g/mol. The molecule has 0 bridgehead atoms. The molecule has 0 radical (unpaired) electrons. The molecule has 3 aromatic heterocycles. The third kappa shape index (κ3) is 3.66. The summed E-state index contributed by atoms with van der Waals surface area (Å²) in [7, 11) is -3.24. The average Bonchev–Trinajstić information content (AvgIpc) is 3.23. The Bertz CT molecular complexity index is 1150. The van der Waals surface area contributed by atoms with E-state index in [1.54, 1.807) is 10.5 Å². The highest BCUT2D eigenvalue weighted by Crippen LogP contribution is 2.31. The predicted molar refractivity (Wildman–Crippen MR) is 119 cm³/mol. The van der Waals surface area contributed by atoms with Crippen molar-refractivity contribution in [2.75, 3.05) is 50.0 Å². The van der Waals surface area contributed by atoms with E-state index in [2.05, 4.69) is 37.7 Å². The highest BCUT2D eigenvalue weighted by Gasteiger charge is 2.30. The summed E-state index contributed by atoms with van der Waals surface area (Å²) in [5, 5.41) is 2.17. The van der Waals surface area contributed by atoms with Gasteiger partial charge in [0.1, 0.15) is 11.5 Å². The van der Waals surface area contributed by atoms with Gasteiger partial charge in [-0.05, 0) is 30.9 Å². The van der Waals surface area contributed by atoms with Gasteiger partial charge in [0.25, 0.3) is 0 Å². The molecule has 160 valence electrons. The van der Waals surface area contributed by atoms with Crippen molar-refractivity contribution in [3.05, 3.63) is 30.7 Å². The van der Waals surface area contributed by atoms with Crippen LogP contribution < -0.4 is 4.90 Å². The molecule has 2 saturated heterocycles. The van der Waals surface area contributed by atoms with E-state index in [0.717, 1.165) is 66.6 Å². The molecule has 8 nitrogen and oxygen atoms in total. The molecule has 30 heavy (non-hydrogen) atoms. The zero-order chi connectivity index (χ0) is 20.7. The number of aromatic nitrogens is 3. The second-order valence-corrected chi connectivity index (χ2v) is 10.5. The summed E-state index contributed by atoms with van der Waals surface area (Å²) < 4.78 is 27.5. The lowest BCUT2D eigenvalue weighted by molar-refractivity contribution is 0.258. The molecule has 0 spiro atoms. The topological polar surface area (TPSA) is 85.4 Å². The first-order chi connectivity index (χ1) is 14.5. The number of H-pyrrole nitrogens is 1. The van der Waals surface area contributed by atoms with Crippen LogP contribution in [0.15, 0.2) is 30.7 Å². The number of sulfonamides is 1. The van der Waals surface area contributed by atoms with E-state index in [1.165, 1.54) is 0 Å². The van der Waals surface area contributed by atoms with E-state index in [0.29, 0.717) is 19.0 Å². The van der Waals surface area contributed by atoms with Crippen LogP contribution in [0.25, 0.3) is 21.9 Å². The van der Waals surface area contributed by atoms with Crippen LogP contribution in [0.2, 0.25) is 0 Å². The molecule has 2 fully saturated rings. The first-order valence-corrected chi connectivity index (χ1v) is 12.3. The summed E-state index contributed by atoms with van der Waals surface area (Å²) in [5.74, 6) is 0.571. The number of anilines is 1. The zero-order valence-corrected chi connectivity index (χ0v) is 18.1. The van der Waals surface area contributed by atoms with Gasteiger partial charge in [-0.2, -0.15) is 0 Å². The lowest BCUT2D eigenvalue weighted by atomic mass is 10.0. The Balaban J connectivity index is 1.31. The highest BCUT2D eigenvalue weighted by atomic mass is 32.2. The Labute approximate surface area is 176 Å². The number of aromatic amines is 1. The Morgan fingerprint density at radius 3 is 2.77 bits per heavy atom. The van der Waals surface area contributed by atoms with Gasteiger partial charge in [-0.3, -0.25) is 9.88 Å². The number of nitrogens with one attached hydrogen (secondary N) is 1. The second kappa shape index (κ2) is 7.79. The van der Waals surface area contributed by atoms with Gasteiger partial charge >= 0.3 is 0 Å². The molecule has 9 heteroatoms. The number of rotatable bonds is 4. The van der Waals surface area contributed by atoms with E-state index in [1.807, 2.05) is 18.5 Å². The fourth-order valence-corrected chi connectivity index (χ4v) is 6.50. The van der Waals surface area contributed by atoms with Crippen molar-refractivity contribution in [2.24, 2.45) is 5.92 Å². The van der Waals surface area contributed by atoms with Crippen molar-refractivity contribution in [2.45, 2.75) is 19.8 Å². The molecule has 3 aromatic rings. The summed E-state index contributed by atoms with van der Waals surface area (Å²) in [4.78, 5) is 16.5. The van der Waals surface area contributed by atoms with E-state index in [-0.39, 0.29) is 5.88 Å². The van der Waals surface area contributed by atoms with E-state index >= 15 is 0 Å². The lowest BCUT2D eigenvalue weighted by Gasteiger charge is -2.38. The largest absolute Gasteiger partial charge is 0.368 e. The third-order valence-electron chi connectivity index (χ3n) is 6.34. The summed E-state index contributed by atoms with van der Waals surface area (Å²) >= 11 is 0. The van der Waals surface area contributed by atoms with E-state index in [4.69, 9.17) is 0 Å². The first-order valence-electron chi connectivity index (χ1n) is 10.7. The monoisotopic (exact) mass is 428 g/mol. The van der Waals surface area contributed by atoms with Crippen LogP contribution in [-0.4, -0.2) is 77.7 Å². The van der Waals surface area contributed by atoms with Crippen molar-refractivity contribution in [3.8, 4) is 0 Å². The van der Waals surface area contributed by atoms with Crippen LogP contribution in [-0.2, 0) is 10.0 Å². The minimum Gasteiger partial charge on any atom is -0.368 e. The normalized spacial score (nSPS) is 22.2. The molecule has 5 heterocycles. The first kappa shape index (κ1) is 19.7. The Kier molecular flexibility index (Phi) is 5.12. The fraction of sp³-hybridized carbons (Fsp3) is 0.524. The van der Waals surface area contributed by atoms with E-state index in [9.17, 15) is 8.42 Å². The molecule has 2 aliphatic heterocycles. The minimum absolute atomic E-state index is 0.122. The molecule has 0 amide bonds. The maximum atomic E-state index is 12.9. The maximum absolute atomic E-state index is 12.9. The quantitative estimate of drug-likeness (QED) is 0.686. The number of hydrogen-bond donors (Lipinski definition) is 1. The van der Waals surface area contributed by atoms with Gasteiger partial charge in [0, 0.05) is 68.1 Å². The van der Waals surface area contributed by atoms with Crippen molar-refractivity contribution >= 4 is 37.6 Å². The van der Waals surface area contributed by atoms with Crippen molar-refractivity contribution in [1.82, 2.24) is 24.2 Å². The maximum Gasteiger partial charge on any atom is 0.227 e. The summed E-state index contributed by atoms with van der Waals surface area (Å²) in [6.45, 7) is 6.50. The van der Waals surface area contributed by atoms with Gasteiger partial charge in [0.2, 0.25) is 10.0 Å². The van der Waals surface area contributed by atoms with Gasteiger partial charge in [-0.25, -0.2) is 17.7 Å². The Morgan fingerprint density at radius 1 is 1.13 bits per heavy atom. The van der Waals surface area contributed by atoms with Crippen LogP contribution in [0, 0.1) is 5.92 Å². The molecule has 0 aliphatic carbocycles. The lowest BCUT2D eigenvalue weighted by Crippen LogP contribution is -2.51. The van der Waals surface area contributed by atoms with Crippen LogP contribution in [0.4, 0.5) is 5.69 Å². The molecule has 0 aromatic carbocycles. The fourth-order valence-electron chi connectivity index (χ4n) is 4.73. The smallest absolute Gasteiger partial charge is 0.227 e. The number of piperazine rings is 1. The number of fused-ring (bicyclic) bond motifs is 3. The van der Waals surface area contributed by atoms with Gasteiger partial charge in [0.15, 0.2) is 0 Å². The number of pyridine rings is 2. The van der Waals surface area contributed by atoms with Crippen LogP contribution in [0.3, 0.4) is 0 Å². The molecule has 1 atom stereocenters. The van der Waals surface area contributed by atoms with Gasteiger partial charge in [-0.1, -0.05) is 6.92 Å². The summed E-state index contributed by atoms with van der Waals surface area (Å²) in [6.07, 6.45) is 7.62. The Hall–Kier alpha value is -2.23. The minimum atomic E-state index is -3.24. The van der Waals surface area contributed by atoms with Crippen molar-refractivity contribution in [1.29, 1.82) is 0 Å². The van der Waals surface area contributed by atoms with Crippen LogP contribution in [0.5, 0.6) is 0 Å². The average molecular weight is 429 g/mol. The van der Waals surface area contributed by atoms with Gasteiger partial charge in [-0.15, -0.1) is 0 Å². The van der Waals surface area contributed by atoms with Gasteiger partial charge in [0.05, 0.1) is 11.7 Å². The highest BCUT2D eigenvalue weighted by molar-refractivity contribution is 7.89. The van der Waals surface area contributed by atoms with Crippen molar-refractivity contribution in [3.63, 3.8) is 0 Å².